The van der Waals surface area contributed by atoms with Gasteiger partial charge in [-0.2, -0.15) is 0 Å². The molecule has 0 spiro atoms. The van der Waals surface area contributed by atoms with Gasteiger partial charge in [-0.15, -0.1) is 24.0 Å². The van der Waals surface area contributed by atoms with E-state index in [-0.39, 0.29) is 24.0 Å². The SMILES string of the molecule is COc1ccccc1CN=C(N)NCC1CCN(S(C)(=O)=O)CC1.I. The minimum absolute atomic E-state index is 0. The third-order valence-electron chi connectivity index (χ3n) is 4.23. The van der Waals surface area contributed by atoms with Gasteiger partial charge in [-0.3, -0.25) is 0 Å². The van der Waals surface area contributed by atoms with E-state index in [4.69, 9.17) is 10.5 Å². The molecule has 7 nitrogen and oxygen atoms in total. The zero-order chi connectivity index (χ0) is 17.6. The molecule has 0 radical (unpaired) electrons. The van der Waals surface area contributed by atoms with Gasteiger partial charge < -0.3 is 15.8 Å². The smallest absolute Gasteiger partial charge is 0.211 e. The Morgan fingerprint density at radius 1 is 1.36 bits per heavy atom. The van der Waals surface area contributed by atoms with Crippen LogP contribution in [0.5, 0.6) is 5.75 Å². The number of guanidine groups is 1. The number of nitrogens with two attached hydrogens (primary N) is 1. The van der Waals surface area contributed by atoms with E-state index in [0.717, 1.165) is 24.2 Å². The van der Waals surface area contributed by atoms with Crippen LogP contribution in [-0.2, 0) is 16.6 Å². The molecule has 0 unspecified atom stereocenters. The van der Waals surface area contributed by atoms with Gasteiger partial charge in [-0.25, -0.2) is 17.7 Å². The van der Waals surface area contributed by atoms with Crippen LogP contribution in [0.15, 0.2) is 29.3 Å². The molecular formula is C16H27IN4O3S. The van der Waals surface area contributed by atoms with Crippen molar-refractivity contribution >= 4 is 40.0 Å². The summed E-state index contributed by atoms with van der Waals surface area (Å²) >= 11 is 0. The highest BCUT2D eigenvalue weighted by Gasteiger charge is 2.24. The van der Waals surface area contributed by atoms with Gasteiger partial charge in [-0.1, -0.05) is 18.2 Å². The van der Waals surface area contributed by atoms with Crippen LogP contribution in [0.25, 0.3) is 0 Å². The Morgan fingerprint density at radius 3 is 2.60 bits per heavy atom. The average molecular weight is 482 g/mol. The highest BCUT2D eigenvalue weighted by molar-refractivity contribution is 14.0. The summed E-state index contributed by atoms with van der Waals surface area (Å²) < 4.78 is 29.8. The number of piperidine rings is 1. The number of ether oxygens (including phenoxy) is 1. The summed E-state index contributed by atoms with van der Waals surface area (Å²) in [6, 6.07) is 7.70. The lowest BCUT2D eigenvalue weighted by atomic mass is 9.98. The van der Waals surface area contributed by atoms with Crippen LogP contribution in [-0.4, -0.2) is 51.7 Å². The van der Waals surface area contributed by atoms with Gasteiger partial charge >= 0.3 is 0 Å². The third-order valence-corrected chi connectivity index (χ3v) is 5.53. The minimum atomic E-state index is -3.07. The van der Waals surface area contributed by atoms with Crippen molar-refractivity contribution in [2.24, 2.45) is 16.6 Å². The molecule has 1 fully saturated rings. The lowest BCUT2D eigenvalue weighted by Crippen LogP contribution is -2.42. The average Bonchev–Trinajstić information content (AvgIpc) is 2.58. The van der Waals surface area contributed by atoms with Crippen LogP contribution >= 0.6 is 24.0 Å². The van der Waals surface area contributed by atoms with Gasteiger partial charge in [0.05, 0.1) is 19.9 Å². The van der Waals surface area contributed by atoms with Crippen molar-refractivity contribution in [1.82, 2.24) is 9.62 Å². The molecule has 1 aromatic rings. The van der Waals surface area contributed by atoms with Crippen LogP contribution in [0, 0.1) is 5.92 Å². The maximum Gasteiger partial charge on any atom is 0.211 e. The molecule has 0 amide bonds. The first kappa shape index (κ1) is 22.0. The van der Waals surface area contributed by atoms with Crippen LogP contribution in [0.3, 0.4) is 0 Å². The molecule has 9 heteroatoms. The van der Waals surface area contributed by atoms with Crippen molar-refractivity contribution in [3.05, 3.63) is 29.8 Å². The number of rotatable bonds is 6. The highest BCUT2D eigenvalue weighted by atomic mass is 127. The number of nitrogens with one attached hydrogen (secondary N) is 1. The Balaban J connectivity index is 0.00000312. The Morgan fingerprint density at radius 2 is 2.00 bits per heavy atom. The normalized spacial score (nSPS) is 17.0. The van der Waals surface area contributed by atoms with Crippen molar-refractivity contribution in [3.8, 4) is 5.75 Å². The van der Waals surface area contributed by atoms with Crippen LogP contribution in [0.1, 0.15) is 18.4 Å². The first-order valence-electron chi connectivity index (χ1n) is 8.01. The molecule has 1 saturated heterocycles. The van der Waals surface area contributed by atoms with Crippen molar-refractivity contribution in [3.63, 3.8) is 0 Å². The van der Waals surface area contributed by atoms with Gasteiger partial charge in [0.25, 0.3) is 0 Å². The van der Waals surface area contributed by atoms with Crippen LogP contribution < -0.4 is 15.8 Å². The lowest BCUT2D eigenvalue weighted by molar-refractivity contribution is 0.275. The number of aliphatic imine (C=N–C) groups is 1. The summed E-state index contributed by atoms with van der Waals surface area (Å²) in [6.45, 7) is 2.31. The summed E-state index contributed by atoms with van der Waals surface area (Å²) in [5.74, 6) is 1.59. The van der Waals surface area contributed by atoms with Crippen LogP contribution in [0.4, 0.5) is 0 Å². The second-order valence-corrected chi connectivity index (χ2v) is 7.98. The first-order chi connectivity index (χ1) is 11.4. The molecule has 1 heterocycles. The number of benzene rings is 1. The molecule has 0 aromatic heterocycles. The highest BCUT2D eigenvalue weighted by Crippen LogP contribution is 2.19. The Labute approximate surface area is 167 Å². The summed E-state index contributed by atoms with van der Waals surface area (Å²) in [7, 11) is -1.44. The number of halogens is 1. The first-order valence-corrected chi connectivity index (χ1v) is 9.86. The topological polar surface area (TPSA) is 97.0 Å². The second-order valence-electron chi connectivity index (χ2n) is 6.00. The number of nitrogens with zero attached hydrogens (tertiary/aromatic N) is 2. The molecule has 1 aliphatic heterocycles. The quantitative estimate of drug-likeness (QED) is 0.363. The predicted octanol–water partition coefficient (Wildman–Crippen LogP) is 1.39. The number of hydrogen-bond donors (Lipinski definition) is 2. The van der Waals surface area contributed by atoms with E-state index in [1.54, 1.807) is 7.11 Å². The molecule has 142 valence electrons. The monoisotopic (exact) mass is 482 g/mol. The summed E-state index contributed by atoms with van der Waals surface area (Å²) in [5.41, 5.74) is 6.90. The number of para-hydroxylation sites is 1. The standard InChI is InChI=1S/C16H26N4O3S.HI/c1-23-15-6-4-3-5-14(15)12-19-16(17)18-11-13-7-9-20(10-8-13)24(2,21)22;/h3-6,13H,7-12H2,1-2H3,(H3,17,18,19);1H. The molecule has 1 aromatic carbocycles. The van der Waals surface area contributed by atoms with E-state index in [1.165, 1.54) is 10.6 Å². The summed E-state index contributed by atoms with van der Waals surface area (Å²) in [6.07, 6.45) is 2.92. The van der Waals surface area contributed by atoms with Gasteiger partial charge in [0.15, 0.2) is 5.96 Å². The molecule has 0 atom stereocenters. The maximum absolute atomic E-state index is 11.5. The maximum atomic E-state index is 11.5. The van der Waals surface area contributed by atoms with Crippen molar-refractivity contribution < 1.29 is 13.2 Å². The van der Waals surface area contributed by atoms with Crippen molar-refractivity contribution in [1.29, 1.82) is 0 Å². The molecule has 25 heavy (non-hydrogen) atoms. The molecule has 0 saturated carbocycles. The molecule has 0 aliphatic carbocycles. The van der Waals surface area contributed by atoms with Crippen molar-refractivity contribution in [2.45, 2.75) is 19.4 Å². The fourth-order valence-electron chi connectivity index (χ4n) is 2.75. The van der Waals surface area contributed by atoms with Crippen LogP contribution in [0.2, 0.25) is 0 Å². The van der Waals surface area contributed by atoms with E-state index in [1.807, 2.05) is 24.3 Å². The lowest BCUT2D eigenvalue weighted by Gasteiger charge is -2.30. The van der Waals surface area contributed by atoms with E-state index < -0.39 is 10.0 Å². The van der Waals surface area contributed by atoms with E-state index in [0.29, 0.717) is 38.1 Å². The zero-order valence-electron chi connectivity index (χ0n) is 14.6. The molecule has 2 rings (SSSR count). The second kappa shape index (κ2) is 10.2. The van der Waals surface area contributed by atoms with Gasteiger partial charge in [-0.05, 0) is 24.8 Å². The van der Waals surface area contributed by atoms with E-state index in [2.05, 4.69) is 10.3 Å². The van der Waals surface area contributed by atoms with E-state index >= 15 is 0 Å². The van der Waals surface area contributed by atoms with Gasteiger partial charge in [0.1, 0.15) is 5.75 Å². The molecule has 1 aliphatic rings. The molecule has 0 bridgehead atoms. The largest absolute Gasteiger partial charge is 0.496 e. The number of sulfonamides is 1. The molecule has 3 N–H and O–H groups in total. The van der Waals surface area contributed by atoms with E-state index in [9.17, 15) is 8.42 Å². The summed E-state index contributed by atoms with van der Waals surface area (Å²) in [4.78, 5) is 4.34. The third kappa shape index (κ3) is 6.98. The number of hydrogen-bond acceptors (Lipinski definition) is 4. The Kier molecular flexibility index (Phi) is 8.94. The predicted molar refractivity (Wildman–Crippen MR) is 111 cm³/mol. The number of methoxy groups -OCH3 is 1. The van der Waals surface area contributed by atoms with Gasteiger partial charge in [0, 0.05) is 25.2 Å². The van der Waals surface area contributed by atoms with Crippen molar-refractivity contribution in [2.75, 3.05) is 33.0 Å². The zero-order valence-corrected chi connectivity index (χ0v) is 17.8. The summed E-state index contributed by atoms with van der Waals surface area (Å²) in [5, 5.41) is 3.13. The minimum Gasteiger partial charge on any atom is -0.496 e. The Bertz CT molecular complexity index is 674. The van der Waals surface area contributed by atoms with Gasteiger partial charge in [0.2, 0.25) is 10.0 Å². The molecular weight excluding hydrogens is 455 g/mol. The Hall–Kier alpha value is -1.07. The fourth-order valence-corrected chi connectivity index (χ4v) is 3.63. The fraction of sp³-hybridized carbons (Fsp3) is 0.562.